The molecule has 2 N–H and O–H groups in total. The number of rotatable bonds is 5. The molecule has 24 heavy (non-hydrogen) atoms. The summed E-state index contributed by atoms with van der Waals surface area (Å²) >= 11 is 2.56. The zero-order valence-corrected chi connectivity index (χ0v) is 15.0. The molecule has 2 heterocycles. The van der Waals surface area contributed by atoms with Gasteiger partial charge in [-0.2, -0.15) is 0 Å². The summed E-state index contributed by atoms with van der Waals surface area (Å²) in [5.74, 6) is -0.428. The van der Waals surface area contributed by atoms with E-state index in [1.54, 1.807) is 13.0 Å². The van der Waals surface area contributed by atoms with Crippen LogP contribution in [0.4, 0.5) is 5.00 Å². The van der Waals surface area contributed by atoms with E-state index >= 15 is 0 Å². The third-order valence-electron chi connectivity index (χ3n) is 3.89. The van der Waals surface area contributed by atoms with Crippen molar-refractivity contribution in [3.8, 4) is 0 Å². The molecule has 3 rings (SSSR count). The molecule has 0 unspecified atom stereocenters. The fourth-order valence-electron chi connectivity index (χ4n) is 2.75. The van der Waals surface area contributed by atoms with Gasteiger partial charge in [-0.15, -0.1) is 23.0 Å². The van der Waals surface area contributed by atoms with Crippen LogP contribution in [0, 0.1) is 6.92 Å². The van der Waals surface area contributed by atoms with Crippen molar-refractivity contribution in [3.63, 3.8) is 0 Å². The first-order valence-electron chi connectivity index (χ1n) is 7.75. The largest absolute Gasteiger partial charge is 0.348 e. The van der Waals surface area contributed by atoms with E-state index in [-0.39, 0.29) is 11.8 Å². The van der Waals surface area contributed by atoms with Gasteiger partial charge in [-0.25, -0.2) is 0 Å². The number of carbonyl (C=O) groups is 2. The molecular weight excluding hydrogens is 344 g/mol. The topological polar surface area (TPSA) is 84.0 Å². The van der Waals surface area contributed by atoms with Gasteiger partial charge in [0.05, 0.1) is 11.3 Å². The normalized spacial score (nSPS) is 13.2. The number of aromatic nitrogens is 2. The average molecular weight is 362 g/mol. The zero-order chi connectivity index (χ0) is 17.1. The molecular formula is C16H18N4O2S2. The molecule has 0 aliphatic heterocycles. The van der Waals surface area contributed by atoms with Gasteiger partial charge in [0, 0.05) is 11.4 Å². The summed E-state index contributed by atoms with van der Waals surface area (Å²) in [7, 11) is 0. The van der Waals surface area contributed by atoms with Gasteiger partial charge in [-0.3, -0.25) is 9.59 Å². The molecule has 0 radical (unpaired) electrons. The average Bonchev–Trinajstić information content (AvgIpc) is 3.15. The molecule has 0 saturated carbocycles. The monoisotopic (exact) mass is 362 g/mol. The van der Waals surface area contributed by atoms with E-state index in [0.717, 1.165) is 42.8 Å². The molecule has 2 amide bonds. The number of hydrogen-bond acceptors (Lipinski definition) is 6. The Morgan fingerprint density at radius 2 is 2.08 bits per heavy atom. The van der Waals surface area contributed by atoms with E-state index in [1.807, 2.05) is 0 Å². The first kappa shape index (κ1) is 16.8. The van der Waals surface area contributed by atoms with Gasteiger partial charge in [0.1, 0.15) is 9.88 Å². The fourth-order valence-corrected chi connectivity index (χ4v) is 4.58. The van der Waals surface area contributed by atoms with Gasteiger partial charge >= 0.3 is 0 Å². The lowest BCUT2D eigenvalue weighted by molar-refractivity contribution is 0.0958. The minimum atomic E-state index is -0.265. The second-order valence-corrected chi connectivity index (χ2v) is 7.41. The number of fused-ring (bicyclic) bond motifs is 1. The quantitative estimate of drug-likeness (QED) is 0.801. The molecule has 1 aliphatic rings. The summed E-state index contributed by atoms with van der Waals surface area (Å²) < 4.78 is 3.79. The first-order chi connectivity index (χ1) is 11.6. The summed E-state index contributed by atoms with van der Waals surface area (Å²) in [5, 5.41) is 10.2. The predicted octanol–water partition coefficient (Wildman–Crippen LogP) is 2.95. The van der Waals surface area contributed by atoms with Crippen LogP contribution in [0.2, 0.25) is 0 Å². The highest BCUT2D eigenvalue weighted by Crippen LogP contribution is 2.38. The van der Waals surface area contributed by atoms with Crippen LogP contribution in [0.5, 0.6) is 0 Å². The number of amides is 2. The molecule has 0 bridgehead atoms. The SMILES string of the molecule is C=CCNC(=O)c1c(NC(=O)c2snnc2C)sc2c1CCCC2. The second-order valence-electron chi connectivity index (χ2n) is 5.56. The molecule has 0 fully saturated rings. The van der Waals surface area contributed by atoms with Crippen LogP contribution < -0.4 is 10.6 Å². The number of nitrogens with one attached hydrogen (secondary N) is 2. The van der Waals surface area contributed by atoms with Gasteiger partial charge < -0.3 is 10.6 Å². The number of nitrogens with zero attached hydrogens (tertiary/aromatic N) is 2. The van der Waals surface area contributed by atoms with Crippen molar-refractivity contribution < 1.29 is 9.59 Å². The number of thiophene rings is 1. The molecule has 2 aromatic heterocycles. The lowest BCUT2D eigenvalue weighted by atomic mass is 9.95. The van der Waals surface area contributed by atoms with Crippen LogP contribution in [0.25, 0.3) is 0 Å². The van der Waals surface area contributed by atoms with Crippen LogP contribution >= 0.6 is 22.9 Å². The van der Waals surface area contributed by atoms with E-state index in [0.29, 0.717) is 27.7 Å². The summed E-state index contributed by atoms with van der Waals surface area (Å²) in [6, 6.07) is 0. The Labute approximate surface area is 148 Å². The van der Waals surface area contributed by atoms with E-state index < -0.39 is 0 Å². The zero-order valence-electron chi connectivity index (χ0n) is 13.3. The van der Waals surface area contributed by atoms with E-state index in [1.165, 1.54) is 16.2 Å². The lowest BCUT2D eigenvalue weighted by Gasteiger charge is -2.12. The van der Waals surface area contributed by atoms with Crippen molar-refractivity contribution >= 4 is 39.7 Å². The van der Waals surface area contributed by atoms with E-state index in [9.17, 15) is 9.59 Å². The Morgan fingerprint density at radius 1 is 1.29 bits per heavy atom. The van der Waals surface area contributed by atoms with Gasteiger partial charge in [0.2, 0.25) is 0 Å². The van der Waals surface area contributed by atoms with Crippen molar-refractivity contribution in [2.24, 2.45) is 0 Å². The van der Waals surface area contributed by atoms with Gasteiger partial charge in [-0.05, 0) is 49.7 Å². The molecule has 2 aromatic rings. The van der Waals surface area contributed by atoms with Gasteiger partial charge in [0.15, 0.2) is 0 Å². The molecule has 126 valence electrons. The molecule has 8 heteroatoms. The van der Waals surface area contributed by atoms with Crippen molar-refractivity contribution in [3.05, 3.63) is 39.2 Å². The fraction of sp³-hybridized carbons (Fsp3) is 0.375. The maximum atomic E-state index is 12.6. The second kappa shape index (κ2) is 7.23. The van der Waals surface area contributed by atoms with Crippen LogP contribution in [0.1, 0.15) is 49.0 Å². The van der Waals surface area contributed by atoms with Crippen molar-refractivity contribution in [2.75, 3.05) is 11.9 Å². The Hall–Kier alpha value is -2.06. The highest BCUT2D eigenvalue weighted by atomic mass is 32.1. The molecule has 0 saturated heterocycles. The summed E-state index contributed by atoms with van der Waals surface area (Å²) in [4.78, 5) is 26.7. The van der Waals surface area contributed by atoms with Crippen LogP contribution in [0.3, 0.4) is 0 Å². The molecule has 0 aromatic carbocycles. The minimum absolute atomic E-state index is 0.163. The smallest absolute Gasteiger partial charge is 0.269 e. The summed E-state index contributed by atoms with van der Waals surface area (Å²) in [5.41, 5.74) is 2.26. The Kier molecular flexibility index (Phi) is 5.06. The maximum absolute atomic E-state index is 12.6. The molecule has 0 atom stereocenters. The summed E-state index contributed by atoms with van der Waals surface area (Å²) in [6.45, 7) is 5.76. The Morgan fingerprint density at radius 3 is 2.79 bits per heavy atom. The van der Waals surface area contributed by atoms with Crippen molar-refractivity contribution in [1.29, 1.82) is 0 Å². The van der Waals surface area contributed by atoms with Gasteiger partial charge in [-0.1, -0.05) is 10.6 Å². The van der Waals surface area contributed by atoms with E-state index in [2.05, 4.69) is 26.8 Å². The maximum Gasteiger partial charge on any atom is 0.269 e. The Bertz CT molecular complexity index is 794. The molecule has 0 spiro atoms. The highest BCUT2D eigenvalue weighted by molar-refractivity contribution is 7.17. The number of aryl methyl sites for hydroxylation is 2. The number of hydrogen-bond donors (Lipinski definition) is 2. The summed E-state index contributed by atoms with van der Waals surface area (Å²) in [6.07, 6.45) is 5.66. The number of anilines is 1. The first-order valence-corrected chi connectivity index (χ1v) is 9.34. The van der Waals surface area contributed by atoms with E-state index in [4.69, 9.17) is 0 Å². The molecule has 1 aliphatic carbocycles. The third-order valence-corrected chi connectivity index (χ3v) is 5.92. The highest BCUT2D eigenvalue weighted by Gasteiger charge is 2.27. The third kappa shape index (κ3) is 3.25. The lowest BCUT2D eigenvalue weighted by Crippen LogP contribution is -2.25. The standard InChI is InChI=1S/C16H18N4O2S2/c1-3-8-17-14(21)12-10-6-4-5-7-11(10)23-16(12)18-15(22)13-9(2)19-20-24-13/h3H,1,4-8H2,2H3,(H,17,21)(H,18,22). The molecule has 6 nitrogen and oxygen atoms in total. The van der Waals surface area contributed by atoms with Crippen molar-refractivity contribution in [1.82, 2.24) is 14.9 Å². The van der Waals surface area contributed by atoms with Crippen LogP contribution in [0.15, 0.2) is 12.7 Å². The van der Waals surface area contributed by atoms with Crippen LogP contribution in [-0.4, -0.2) is 27.9 Å². The van der Waals surface area contributed by atoms with Crippen LogP contribution in [-0.2, 0) is 12.8 Å². The predicted molar refractivity (Wildman–Crippen MR) is 96.1 cm³/mol. The minimum Gasteiger partial charge on any atom is -0.348 e. The number of carbonyl (C=O) groups excluding carboxylic acids is 2. The van der Waals surface area contributed by atoms with Crippen molar-refractivity contribution in [2.45, 2.75) is 32.6 Å². The Balaban J connectivity index is 1.93. The van der Waals surface area contributed by atoms with Gasteiger partial charge in [0.25, 0.3) is 11.8 Å².